The number of carbonyl (C=O) groups excluding carboxylic acids is 2. The number of hydrogen-bond donors (Lipinski definition) is 3. The van der Waals surface area contributed by atoms with Crippen LogP contribution in [0.1, 0.15) is 32.9 Å². The average molecular weight is 282 g/mol. The molecule has 0 saturated heterocycles. The molecule has 0 unspecified atom stereocenters. The maximum atomic E-state index is 11.8. The molecule has 4 N–H and O–H groups in total. The van der Waals surface area contributed by atoms with E-state index in [0.29, 0.717) is 5.69 Å². The topological polar surface area (TPSA) is 115 Å². The molecule has 0 aliphatic rings. The molecule has 0 spiro atoms. The van der Waals surface area contributed by atoms with Crippen LogP contribution in [-0.2, 0) is 22.7 Å². The number of nitrogens with zero attached hydrogens (tertiary/aromatic N) is 3. The molecule has 20 heavy (non-hydrogen) atoms. The lowest BCUT2D eigenvalue weighted by atomic mass is 10.0. The van der Waals surface area contributed by atoms with Gasteiger partial charge in [-0.15, -0.1) is 5.10 Å². The quantitative estimate of drug-likeness (QED) is 0.603. The van der Waals surface area contributed by atoms with Gasteiger partial charge in [0.05, 0.1) is 19.3 Å². The smallest absolute Gasteiger partial charge is 0.242 e. The summed E-state index contributed by atoms with van der Waals surface area (Å²) in [5, 5.41) is 13.2. The molecule has 0 aliphatic carbocycles. The number of amides is 2. The van der Waals surface area contributed by atoms with Crippen molar-refractivity contribution in [3.8, 4) is 0 Å². The number of rotatable bonds is 7. The van der Waals surface area contributed by atoms with Crippen LogP contribution in [-0.4, -0.2) is 38.9 Å². The zero-order valence-electron chi connectivity index (χ0n) is 12.1. The van der Waals surface area contributed by atoms with Gasteiger partial charge in [0, 0.05) is 5.54 Å². The van der Waals surface area contributed by atoms with Crippen molar-refractivity contribution in [3.63, 3.8) is 0 Å². The van der Waals surface area contributed by atoms with Crippen LogP contribution in [0.5, 0.6) is 0 Å². The Hall–Kier alpha value is -1.96. The van der Waals surface area contributed by atoms with E-state index in [1.54, 1.807) is 6.20 Å². The highest BCUT2D eigenvalue weighted by molar-refractivity contribution is 5.77. The Kier molecular flexibility index (Phi) is 5.63. The van der Waals surface area contributed by atoms with Gasteiger partial charge in [-0.1, -0.05) is 12.1 Å². The van der Waals surface area contributed by atoms with Crippen LogP contribution in [0.4, 0.5) is 0 Å². The third kappa shape index (κ3) is 5.35. The van der Waals surface area contributed by atoms with Gasteiger partial charge >= 0.3 is 0 Å². The van der Waals surface area contributed by atoms with E-state index in [1.807, 2.05) is 20.8 Å². The van der Waals surface area contributed by atoms with Gasteiger partial charge in [0.25, 0.3) is 0 Å². The zero-order valence-corrected chi connectivity index (χ0v) is 12.1. The van der Waals surface area contributed by atoms with Crippen LogP contribution in [0.25, 0.3) is 0 Å². The second-order valence-corrected chi connectivity index (χ2v) is 5.17. The predicted octanol–water partition coefficient (Wildman–Crippen LogP) is -0.842. The van der Waals surface area contributed by atoms with Crippen LogP contribution >= 0.6 is 0 Å². The molecule has 0 radical (unpaired) electrons. The van der Waals surface area contributed by atoms with E-state index in [1.165, 1.54) is 4.68 Å². The Morgan fingerprint density at radius 2 is 2.10 bits per heavy atom. The highest BCUT2D eigenvalue weighted by Crippen LogP contribution is 2.06. The van der Waals surface area contributed by atoms with Crippen LogP contribution in [0.2, 0.25) is 0 Å². The van der Waals surface area contributed by atoms with E-state index in [2.05, 4.69) is 20.9 Å². The summed E-state index contributed by atoms with van der Waals surface area (Å²) in [6.07, 6.45) is 2.46. The van der Waals surface area contributed by atoms with Crippen molar-refractivity contribution in [1.29, 1.82) is 0 Å². The molecule has 1 rings (SSSR count). The van der Waals surface area contributed by atoms with Crippen LogP contribution in [0.15, 0.2) is 6.20 Å². The fourth-order valence-corrected chi connectivity index (χ4v) is 1.41. The standard InChI is InChI=1S/C12H22N6O2/c1-4-12(2,3)15-11(20)8-18-7-9(16-17-18)6-14-10(19)5-13/h7H,4-6,8,13H2,1-3H3,(H,14,19)(H,15,20). The molecular weight excluding hydrogens is 260 g/mol. The number of carbonyl (C=O) groups is 2. The van der Waals surface area contributed by atoms with Gasteiger partial charge in [-0.05, 0) is 20.3 Å². The first-order chi connectivity index (χ1) is 9.36. The van der Waals surface area contributed by atoms with Crippen molar-refractivity contribution < 1.29 is 9.59 Å². The Balaban J connectivity index is 2.47. The Bertz CT molecular complexity index is 468. The Labute approximate surface area is 118 Å². The summed E-state index contributed by atoms with van der Waals surface area (Å²) in [6, 6.07) is 0. The van der Waals surface area contributed by atoms with Gasteiger partial charge < -0.3 is 16.4 Å². The minimum Gasteiger partial charge on any atom is -0.350 e. The number of nitrogens with two attached hydrogens (primary N) is 1. The van der Waals surface area contributed by atoms with Crippen LogP contribution in [0, 0.1) is 0 Å². The third-order valence-corrected chi connectivity index (χ3v) is 2.91. The predicted molar refractivity (Wildman–Crippen MR) is 73.4 cm³/mol. The van der Waals surface area contributed by atoms with Crippen molar-refractivity contribution in [2.75, 3.05) is 6.54 Å². The minimum atomic E-state index is -0.262. The summed E-state index contributed by atoms with van der Waals surface area (Å²) in [7, 11) is 0. The van der Waals surface area contributed by atoms with Crippen LogP contribution < -0.4 is 16.4 Å². The van der Waals surface area contributed by atoms with Crippen molar-refractivity contribution in [2.45, 2.75) is 45.8 Å². The molecule has 0 atom stereocenters. The SMILES string of the molecule is CCC(C)(C)NC(=O)Cn1cc(CNC(=O)CN)nn1. The lowest BCUT2D eigenvalue weighted by molar-refractivity contribution is -0.123. The maximum absolute atomic E-state index is 11.8. The molecule has 8 nitrogen and oxygen atoms in total. The Morgan fingerprint density at radius 1 is 1.40 bits per heavy atom. The van der Waals surface area contributed by atoms with Gasteiger partial charge in [-0.2, -0.15) is 0 Å². The lowest BCUT2D eigenvalue weighted by Crippen LogP contribution is -2.44. The van der Waals surface area contributed by atoms with Crippen molar-refractivity contribution in [2.24, 2.45) is 5.73 Å². The molecule has 1 aromatic heterocycles. The molecule has 0 aromatic carbocycles. The largest absolute Gasteiger partial charge is 0.350 e. The fraction of sp³-hybridized carbons (Fsp3) is 0.667. The fourth-order valence-electron chi connectivity index (χ4n) is 1.41. The monoisotopic (exact) mass is 282 g/mol. The lowest BCUT2D eigenvalue weighted by Gasteiger charge is -2.24. The summed E-state index contributed by atoms with van der Waals surface area (Å²) >= 11 is 0. The highest BCUT2D eigenvalue weighted by Gasteiger charge is 2.18. The van der Waals surface area contributed by atoms with Gasteiger partial charge in [0.2, 0.25) is 11.8 Å². The molecule has 0 fully saturated rings. The molecule has 0 saturated carbocycles. The molecular formula is C12H22N6O2. The highest BCUT2D eigenvalue weighted by atomic mass is 16.2. The molecule has 2 amide bonds. The normalized spacial score (nSPS) is 11.2. The van der Waals surface area contributed by atoms with Crippen molar-refractivity contribution in [1.82, 2.24) is 25.6 Å². The van der Waals surface area contributed by atoms with Gasteiger partial charge in [-0.25, -0.2) is 4.68 Å². The van der Waals surface area contributed by atoms with Crippen molar-refractivity contribution in [3.05, 3.63) is 11.9 Å². The second-order valence-electron chi connectivity index (χ2n) is 5.17. The van der Waals surface area contributed by atoms with E-state index in [-0.39, 0.29) is 37.0 Å². The number of nitrogens with one attached hydrogen (secondary N) is 2. The van der Waals surface area contributed by atoms with E-state index >= 15 is 0 Å². The summed E-state index contributed by atoms with van der Waals surface area (Å²) in [5.41, 5.74) is 5.51. The van der Waals surface area contributed by atoms with E-state index in [4.69, 9.17) is 5.73 Å². The number of aromatic nitrogens is 3. The molecule has 0 bridgehead atoms. The molecule has 8 heteroatoms. The Morgan fingerprint density at radius 3 is 2.70 bits per heavy atom. The summed E-state index contributed by atoms with van der Waals surface area (Å²) < 4.78 is 1.44. The van der Waals surface area contributed by atoms with Crippen molar-refractivity contribution >= 4 is 11.8 Å². The van der Waals surface area contributed by atoms with Gasteiger partial charge in [-0.3, -0.25) is 9.59 Å². The second kappa shape index (κ2) is 6.99. The first kappa shape index (κ1) is 16.1. The van der Waals surface area contributed by atoms with E-state index in [0.717, 1.165) is 6.42 Å². The average Bonchev–Trinajstić information content (AvgIpc) is 2.82. The van der Waals surface area contributed by atoms with Gasteiger partial charge in [0.1, 0.15) is 12.2 Å². The molecule has 0 aliphatic heterocycles. The first-order valence-corrected chi connectivity index (χ1v) is 6.53. The van der Waals surface area contributed by atoms with E-state index < -0.39 is 0 Å². The summed E-state index contributed by atoms with van der Waals surface area (Å²) in [4.78, 5) is 22.8. The van der Waals surface area contributed by atoms with Gasteiger partial charge in [0.15, 0.2) is 0 Å². The minimum absolute atomic E-state index is 0.0668. The summed E-state index contributed by atoms with van der Waals surface area (Å²) in [5.74, 6) is -0.388. The zero-order chi connectivity index (χ0) is 15.2. The first-order valence-electron chi connectivity index (χ1n) is 6.53. The maximum Gasteiger partial charge on any atom is 0.242 e. The third-order valence-electron chi connectivity index (χ3n) is 2.91. The van der Waals surface area contributed by atoms with E-state index in [9.17, 15) is 9.59 Å². The summed E-state index contributed by atoms with van der Waals surface area (Å²) in [6.45, 7) is 6.20. The van der Waals surface area contributed by atoms with Crippen LogP contribution in [0.3, 0.4) is 0 Å². The molecule has 112 valence electrons. The molecule has 1 aromatic rings. The molecule has 1 heterocycles. The number of hydrogen-bond acceptors (Lipinski definition) is 5.